The molecule has 1 heterocycles. The first-order chi connectivity index (χ1) is 8.67. The van der Waals surface area contributed by atoms with Crippen LogP contribution in [0.4, 0.5) is 0 Å². The lowest BCUT2D eigenvalue weighted by atomic mass is 9.99. The van der Waals surface area contributed by atoms with E-state index in [1.807, 2.05) is 19.1 Å². The topological polar surface area (TPSA) is 52.6 Å². The van der Waals surface area contributed by atoms with Crippen molar-refractivity contribution in [1.29, 1.82) is 0 Å². The van der Waals surface area contributed by atoms with Crippen molar-refractivity contribution in [3.8, 4) is 5.75 Å². The summed E-state index contributed by atoms with van der Waals surface area (Å²) in [5.41, 5.74) is 2.12. The highest BCUT2D eigenvalue weighted by atomic mass is 16.6. The summed E-state index contributed by atoms with van der Waals surface area (Å²) in [5.74, 6) is 0.0571. The minimum Gasteiger partial charge on any atom is -0.473 e. The monoisotopic (exact) mass is 246 g/mol. The second kappa shape index (κ2) is 5.04. The third kappa shape index (κ3) is 2.14. The van der Waals surface area contributed by atoms with Crippen molar-refractivity contribution in [2.24, 2.45) is 0 Å². The second-order valence-corrected chi connectivity index (χ2v) is 4.00. The van der Waals surface area contributed by atoms with Crippen molar-refractivity contribution < 1.29 is 19.1 Å². The van der Waals surface area contributed by atoms with Crippen molar-refractivity contribution >= 4 is 18.3 Å². The van der Waals surface area contributed by atoms with Crippen molar-refractivity contribution in [3.05, 3.63) is 34.9 Å². The number of carbonyl (C=O) groups is 2. The van der Waals surface area contributed by atoms with Gasteiger partial charge in [0, 0.05) is 11.1 Å². The van der Waals surface area contributed by atoms with Crippen LogP contribution >= 0.6 is 0 Å². The number of ether oxygens (including phenoxy) is 2. The smallest absolute Gasteiger partial charge is 0.352 e. The van der Waals surface area contributed by atoms with Gasteiger partial charge in [0.05, 0.1) is 6.61 Å². The Kier molecular flexibility index (Phi) is 3.46. The van der Waals surface area contributed by atoms with E-state index in [0.717, 1.165) is 11.1 Å². The SMILES string of the molecule is CCOC(=O)C1Oc2cccc(C)c2C=C1C=O. The average molecular weight is 246 g/mol. The highest BCUT2D eigenvalue weighted by molar-refractivity contribution is 5.95. The molecular weight excluding hydrogens is 232 g/mol. The lowest BCUT2D eigenvalue weighted by Gasteiger charge is -2.24. The lowest BCUT2D eigenvalue weighted by Crippen LogP contribution is -2.34. The summed E-state index contributed by atoms with van der Waals surface area (Å²) < 4.78 is 10.5. The lowest BCUT2D eigenvalue weighted by molar-refractivity contribution is -0.150. The zero-order valence-corrected chi connectivity index (χ0v) is 10.3. The second-order valence-electron chi connectivity index (χ2n) is 4.00. The minimum absolute atomic E-state index is 0.255. The number of fused-ring (bicyclic) bond motifs is 1. The molecule has 0 radical (unpaired) electrons. The van der Waals surface area contributed by atoms with Crippen LogP contribution < -0.4 is 4.74 Å². The van der Waals surface area contributed by atoms with E-state index in [0.29, 0.717) is 12.0 Å². The maximum absolute atomic E-state index is 11.7. The Bertz CT molecular complexity index is 517. The summed E-state index contributed by atoms with van der Waals surface area (Å²) >= 11 is 0. The van der Waals surface area contributed by atoms with Gasteiger partial charge in [-0.15, -0.1) is 0 Å². The van der Waals surface area contributed by atoms with Crippen molar-refractivity contribution in [2.45, 2.75) is 20.0 Å². The van der Waals surface area contributed by atoms with Crippen LogP contribution in [0.1, 0.15) is 18.1 Å². The number of aryl methyl sites for hydroxylation is 1. The van der Waals surface area contributed by atoms with Crippen LogP contribution in [0.25, 0.3) is 6.08 Å². The summed E-state index contributed by atoms with van der Waals surface area (Å²) in [5, 5.41) is 0. The molecule has 0 spiro atoms. The van der Waals surface area contributed by atoms with Crippen LogP contribution in [0.5, 0.6) is 5.75 Å². The molecule has 0 aromatic heterocycles. The van der Waals surface area contributed by atoms with E-state index in [9.17, 15) is 9.59 Å². The molecule has 2 rings (SSSR count). The van der Waals surface area contributed by atoms with Gasteiger partial charge in [-0.25, -0.2) is 4.79 Å². The molecule has 4 heteroatoms. The van der Waals surface area contributed by atoms with Gasteiger partial charge < -0.3 is 9.47 Å². The largest absolute Gasteiger partial charge is 0.473 e. The van der Waals surface area contributed by atoms with Crippen LogP contribution in [0.2, 0.25) is 0 Å². The molecule has 0 saturated heterocycles. The number of rotatable bonds is 3. The molecule has 18 heavy (non-hydrogen) atoms. The fourth-order valence-electron chi connectivity index (χ4n) is 1.88. The predicted molar refractivity (Wildman–Crippen MR) is 66.3 cm³/mol. The van der Waals surface area contributed by atoms with Gasteiger partial charge in [0.2, 0.25) is 6.10 Å². The molecule has 0 saturated carbocycles. The summed E-state index contributed by atoms with van der Waals surface area (Å²) in [6.45, 7) is 3.89. The van der Waals surface area contributed by atoms with Gasteiger partial charge in [0.15, 0.2) is 0 Å². The van der Waals surface area contributed by atoms with Gasteiger partial charge in [-0.1, -0.05) is 12.1 Å². The number of hydrogen-bond donors (Lipinski definition) is 0. The third-order valence-corrected chi connectivity index (χ3v) is 2.78. The first-order valence-electron chi connectivity index (χ1n) is 5.77. The van der Waals surface area contributed by atoms with Crippen LogP contribution in [0.3, 0.4) is 0 Å². The molecular formula is C14H14O4. The number of esters is 1. The Morgan fingerprint density at radius 3 is 2.94 bits per heavy atom. The van der Waals surface area contributed by atoms with Crippen LogP contribution in [-0.2, 0) is 14.3 Å². The van der Waals surface area contributed by atoms with E-state index in [-0.39, 0.29) is 12.2 Å². The Morgan fingerprint density at radius 2 is 2.28 bits per heavy atom. The average Bonchev–Trinajstić information content (AvgIpc) is 2.38. The third-order valence-electron chi connectivity index (χ3n) is 2.78. The number of benzene rings is 1. The van der Waals surface area contributed by atoms with E-state index < -0.39 is 12.1 Å². The van der Waals surface area contributed by atoms with Crippen molar-refractivity contribution in [1.82, 2.24) is 0 Å². The normalized spacial score (nSPS) is 17.2. The molecule has 1 aromatic carbocycles. The van der Waals surface area contributed by atoms with Gasteiger partial charge >= 0.3 is 5.97 Å². The highest BCUT2D eigenvalue weighted by Gasteiger charge is 2.30. The number of carbonyl (C=O) groups excluding carboxylic acids is 2. The predicted octanol–water partition coefficient (Wildman–Crippen LogP) is 1.90. The van der Waals surface area contributed by atoms with E-state index in [1.165, 1.54) is 0 Å². The molecule has 0 aliphatic carbocycles. The van der Waals surface area contributed by atoms with Gasteiger partial charge in [0.1, 0.15) is 12.0 Å². The summed E-state index contributed by atoms with van der Waals surface area (Å²) in [4.78, 5) is 22.8. The fraction of sp³-hybridized carbons (Fsp3) is 0.286. The quantitative estimate of drug-likeness (QED) is 0.603. The van der Waals surface area contributed by atoms with Gasteiger partial charge in [-0.3, -0.25) is 4.79 Å². The maximum Gasteiger partial charge on any atom is 0.352 e. The minimum atomic E-state index is -0.961. The van der Waals surface area contributed by atoms with E-state index in [2.05, 4.69) is 0 Å². The Labute approximate surface area is 105 Å². The van der Waals surface area contributed by atoms with Crippen LogP contribution in [0.15, 0.2) is 23.8 Å². The fourth-order valence-corrected chi connectivity index (χ4v) is 1.88. The highest BCUT2D eigenvalue weighted by Crippen LogP contribution is 2.31. The molecule has 0 bridgehead atoms. The van der Waals surface area contributed by atoms with Gasteiger partial charge in [0.25, 0.3) is 0 Å². The zero-order chi connectivity index (χ0) is 13.1. The molecule has 1 aromatic rings. The number of hydrogen-bond acceptors (Lipinski definition) is 4. The van der Waals surface area contributed by atoms with Gasteiger partial charge in [-0.2, -0.15) is 0 Å². The molecule has 4 nitrogen and oxygen atoms in total. The standard InChI is InChI=1S/C14H14O4/c1-3-17-14(16)13-10(8-15)7-11-9(2)5-4-6-12(11)18-13/h4-8,13H,3H2,1-2H3. The van der Waals surface area contributed by atoms with Crippen molar-refractivity contribution in [3.63, 3.8) is 0 Å². The Hall–Kier alpha value is -2.10. The summed E-state index contributed by atoms with van der Waals surface area (Å²) in [6, 6.07) is 5.54. The molecule has 0 amide bonds. The van der Waals surface area contributed by atoms with Crippen LogP contribution in [0, 0.1) is 6.92 Å². The van der Waals surface area contributed by atoms with Crippen molar-refractivity contribution in [2.75, 3.05) is 6.61 Å². The molecule has 1 aliphatic rings. The summed E-state index contributed by atoms with van der Waals surface area (Å²) in [6.07, 6.45) is 1.36. The molecule has 0 fully saturated rings. The van der Waals surface area contributed by atoms with Gasteiger partial charge in [-0.05, 0) is 31.6 Å². The molecule has 1 unspecified atom stereocenters. The molecule has 1 atom stereocenters. The Balaban J connectivity index is 2.40. The van der Waals surface area contributed by atoms with E-state index in [1.54, 1.807) is 19.1 Å². The molecule has 94 valence electrons. The van der Waals surface area contributed by atoms with Crippen LogP contribution in [-0.4, -0.2) is 25.0 Å². The molecule has 1 aliphatic heterocycles. The first kappa shape index (κ1) is 12.4. The van der Waals surface area contributed by atoms with E-state index in [4.69, 9.17) is 9.47 Å². The summed E-state index contributed by atoms with van der Waals surface area (Å²) in [7, 11) is 0. The van der Waals surface area contributed by atoms with E-state index >= 15 is 0 Å². The maximum atomic E-state index is 11.7. The first-order valence-corrected chi connectivity index (χ1v) is 5.77. The Morgan fingerprint density at radius 1 is 1.50 bits per heavy atom. The molecule has 0 N–H and O–H groups in total. The zero-order valence-electron chi connectivity index (χ0n) is 10.3. The number of aldehydes is 1.